The maximum atomic E-state index is 11.8. The average molecular weight is 389 g/mol. The first kappa shape index (κ1) is 19.5. The fourth-order valence-electron chi connectivity index (χ4n) is 4.20. The molecule has 4 nitrogen and oxygen atoms in total. The van der Waals surface area contributed by atoms with Gasteiger partial charge in [-0.25, -0.2) is 4.79 Å². The third kappa shape index (κ3) is 4.60. The highest BCUT2D eigenvalue weighted by Gasteiger charge is 2.16. The smallest absolute Gasteiger partial charge is 0.337 e. The number of fused-ring (bicyclic) bond motifs is 1. The van der Waals surface area contributed by atoms with Crippen LogP contribution >= 0.6 is 0 Å². The van der Waals surface area contributed by atoms with Crippen molar-refractivity contribution in [2.24, 2.45) is 0 Å². The number of aromatic amines is 1. The van der Waals surface area contributed by atoms with Gasteiger partial charge in [-0.2, -0.15) is 0 Å². The first-order valence-electron chi connectivity index (χ1n) is 10.4. The second-order valence-electron chi connectivity index (χ2n) is 7.72. The molecule has 0 spiro atoms. The molecule has 1 aliphatic heterocycles. The molecular formula is C25H28N2O2. The van der Waals surface area contributed by atoms with Gasteiger partial charge in [0.15, 0.2) is 0 Å². The van der Waals surface area contributed by atoms with Crippen LogP contribution in [0.1, 0.15) is 47.2 Å². The van der Waals surface area contributed by atoms with Crippen molar-refractivity contribution in [1.29, 1.82) is 0 Å². The first-order valence-corrected chi connectivity index (χ1v) is 10.4. The number of aryl methyl sites for hydroxylation is 1. The Kier molecular flexibility index (Phi) is 6.11. The Balaban J connectivity index is 1.31. The van der Waals surface area contributed by atoms with Crippen LogP contribution in [0.25, 0.3) is 16.5 Å². The lowest BCUT2D eigenvalue weighted by Crippen LogP contribution is -2.32. The summed E-state index contributed by atoms with van der Waals surface area (Å²) in [6.45, 7) is 0.952. The van der Waals surface area contributed by atoms with Crippen LogP contribution in [0.5, 0.6) is 0 Å². The number of benzene rings is 2. The highest BCUT2D eigenvalue weighted by molar-refractivity contribution is 5.95. The molecule has 29 heavy (non-hydrogen) atoms. The molecule has 2 N–H and O–H groups in total. The van der Waals surface area contributed by atoms with E-state index in [4.69, 9.17) is 4.74 Å². The highest BCUT2D eigenvalue weighted by Crippen LogP contribution is 2.25. The maximum Gasteiger partial charge on any atom is 0.337 e. The Bertz CT molecular complexity index is 1000. The highest BCUT2D eigenvalue weighted by atomic mass is 16.5. The molecule has 0 fully saturated rings. The summed E-state index contributed by atoms with van der Waals surface area (Å²) in [5, 5.41) is 4.76. The molecule has 0 bridgehead atoms. The monoisotopic (exact) mass is 388 g/mol. The van der Waals surface area contributed by atoms with Gasteiger partial charge in [-0.05, 0) is 60.6 Å². The number of carbonyl (C=O) groups excluding carboxylic acids is 1. The molecule has 2 heterocycles. The third-order valence-corrected chi connectivity index (χ3v) is 5.80. The Labute approximate surface area is 172 Å². The van der Waals surface area contributed by atoms with E-state index >= 15 is 0 Å². The van der Waals surface area contributed by atoms with Crippen LogP contribution < -0.4 is 5.32 Å². The Morgan fingerprint density at radius 3 is 2.83 bits per heavy atom. The van der Waals surface area contributed by atoms with Gasteiger partial charge in [0.25, 0.3) is 0 Å². The number of methoxy groups -OCH3 is 1. The van der Waals surface area contributed by atoms with E-state index in [0.717, 1.165) is 36.7 Å². The van der Waals surface area contributed by atoms with Crippen LogP contribution in [0.2, 0.25) is 0 Å². The van der Waals surface area contributed by atoms with Gasteiger partial charge in [0, 0.05) is 29.7 Å². The van der Waals surface area contributed by atoms with Gasteiger partial charge in [-0.15, -0.1) is 0 Å². The van der Waals surface area contributed by atoms with Gasteiger partial charge in [0.2, 0.25) is 0 Å². The number of hydrogen-bond donors (Lipinski definition) is 2. The number of aromatic nitrogens is 1. The van der Waals surface area contributed by atoms with E-state index in [-0.39, 0.29) is 5.97 Å². The minimum absolute atomic E-state index is 0.287. The lowest BCUT2D eigenvalue weighted by molar-refractivity contribution is 0.0601. The number of ether oxygens (including phenoxy) is 1. The minimum atomic E-state index is -0.287. The van der Waals surface area contributed by atoms with Gasteiger partial charge >= 0.3 is 5.97 Å². The normalized spacial score (nSPS) is 16.6. The van der Waals surface area contributed by atoms with Gasteiger partial charge in [0.05, 0.1) is 12.7 Å². The summed E-state index contributed by atoms with van der Waals surface area (Å²) >= 11 is 0. The van der Waals surface area contributed by atoms with Crippen molar-refractivity contribution in [3.8, 4) is 0 Å². The molecule has 0 saturated heterocycles. The number of esters is 1. The van der Waals surface area contributed by atoms with Crippen LogP contribution in [0.15, 0.2) is 60.8 Å². The number of H-pyrrole nitrogens is 1. The third-order valence-electron chi connectivity index (χ3n) is 5.80. The van der Waals surface area contributed by atoms with Crippen LogP contribution in [0, 0.1) is 0 Å². The second-order valence-corrected chi connectivity index (χ2v) is 7.72. The zero-order valence-corrected chi connectivity index (χ0v) is 16.9. The molecule has 4 rings (SSSR count). The van der Waals surface area contributed by atoms with Gasteiger partial charge in [0.1, 0.15) is 0 Å². The molecule has 2 aromatic carbocycles. The molecule has 0 aliphatic carbocycles. The van der Waals surface area contributed by atoms with Crippen LogP contribution in [-0.4, -0.2) is 30.6 Å². The van der Waals surface area contributed by atoms with Crippen molar-refractivity contribution in [2.45, 2.75) is 38.1 Å². The Hall–Kier alpha value is -2.85. The Morgan fingerprint density at radius 1 is 1.14 bits per heavy atom. The molecule has 1 aromatic heterocycles. The number of nitrogens with one attached hydrogen (secondary N) is 2. The van der Waals surface area contributed by atoms with E-state index in [0.29, 0.717) is 11.6 Å². The fourth-order valence-corrected chi connectivity index (χ4v) is 4.20. The van der Waals surface area contributed by atoms with E-state index in [1.165, 1.54) is 36.7 Å². The first-order chi connectivity index (χ1) is 14.2. The Morgan fingerprint density at radius 2 is 2.00 bits per heavy atom. The maximum absolute atomic E-state index is 11.8. The van der Waals surface area contributed by atoms with Crippen molar-refractivity contribution in [1.82, 2.24) is 10.3 Å². The summed E-state index contributed by atoms with van der Waals surface area (Å²) in [5.41, 5.74) is 5.75. The average Bonchev–Trinajstić information content (AvgIpc) is 3.19. The summed E-state index contributed by atoms with van der Waals surface area (Å²) in [6.07, 6.45) is 10.00. The van der Waals surface area contributed by atoms with Gasteiger partial charge in [-0.1, -0.05) is 42.8 Å². The van der Waals surface area contributed by atoms with Crippen molar-refractivity contribution < 1.29 is 9.53 Å². The van der Waals surface area contributed by atoms with Crippen molar-refractivity contribution in [3.63, 3.8) is 0 Å². The zero-order chi connectivity index (χ0) is 20.1. The van der Waals surface area contributed by atoms with E-state index in [1.54, 1.807) is 6.07 Å². The summed E-state index contributed by atoms with van der Waals surface area (Å²) < 4.78 is 4.85. The number of hydrogen-bond acceptors (Lipinski definition) is 3. The summed E-state index contributed by atoms with van der Waals surface area (Å²) in [5.74, 6) is -0.287. The van der Waals surface area contributed by atoms with Crippen molar-refractivity contribution in [2.75, 3.05) is 13.7 Å². The van der Waals surface area contributed by atoms with E-state index in [9.17, 15) is 4.79 Å². The molecular weight excluding hydrogens is 360 g/mol. The summed E-state index contributed by atoms with van der Waals surface area (Å²) in [6, 6.07) is 16.9. The predicted octanol–water partition coefficient (Wildman–Crippen LogP) is 5.11. The molecule has 1 aliphatic rings. The summed E-state index contributed by atoms with van der Waals surface area (Å²) in [7, 11) is 1.42. The zero-order valence-electron chi connectivity index (χ0n) is 16.9. The fraction of sp³-hybridized carbons (Fsp3) is 0.320. The quantitative estimate of drug-likeness (QED) is 0.437. The van der Waals surface area contributed by atoms with E-state index in [1.807, 2.05) is 12.1 Å². The molecule has 1 atom stereocenters. The second kappa shape index (κ2) is 9.10. The van der Waals surface area contributed by atoms with E-state index in [2.05, 4.69) is 52.9 Å². The molecule has 0 radical (unpaired) electrons. The number of unbranched alkanes of at least 4 members (excludes halogenated alkanes) is 1. The molecule has 150 valence electrons. The molecule has 1 unspecified atom stereocenters. The van der Waals surface area contributed by atoms with Crippen LogP contribution in [0.4, 0.5) is 0 Å². The van der Waals surface area contributed by atoms with Crippen molar-refractivity contribution >= 4 is 22.4 Å². The van der Waals surface area contributed by atoms with Crippen LogP contribution in [-0.2, 0) is 11.2 Å². The standard InChI is InChI=1S/C25H28N2O2/c1-29-25(28)20-11-12-24-23(16-20)21(17-27-24)9-5-6-10-22-15-19(13-14-26-22)18-7-3-2-4-8-18/h2-4,7-8,11-13,16-17,22,26-27H,5-6,9-10,14-15H2,1H3. The lowest BCUT2D eigenvalue weighted by Gasteiger charge is -2.24. The minimum Gasteiger partial charge on any atom is -0.465 e. The van der Waals surface area contributed by atoms with E-state index < -0.39 is 0 Å². The molecule has 4 heteroatoms. The summed E-state index contributed by atoms with van der Waals surface area (Å²) in [4.78, 5) is 15.1. The van der Waals surface area contributed by atoms with Crippen molar-refractivity contribution in [3.05, 3.63) is 77.5 Å². The predicted molar refractivity (Wildman–Crippen MR) is 118 cm³/mol. The topological polar surface area (TPSA) is 54.1 Å². The number of rotatable bonds is 7. The van der Waals surface area contributed by atoms with Gasteiger partial charge < -0.3 is 15.0 Å². The van der Waals surface area contributed by atoms with Gasteiger partial charge in [-0.3, -0.25) is 0 Å². The van der Waals surface area contributed by atoms with Crippen LogP contribution in [0.3, 0.4) is 0 Å². The lowest BCUT2D eigenvalue weighted by atomic mass is 9.92. The molecule has 0 saturated carbocycles. The number of carbonyl (C=O) groups is 1. The molecule has 0 amide bonds. The molecule has 3 aromatic rings. The largest absolute Gasteiger partial charge is 0.465 e. The SMILES string of the molecule is COC(=O)c1ccc2[nH]cc(CCCCC3CC(c4ccccc4)=CCN3)c2c1.